The Kier molecular flexibility index (Phi) is 2.07. The molecule has 0 atom stereocenters. The van der Waals surface area contributed by atoms with Gasteiger partial charge in [-0.1, -0.05) is 0 Å². The lowest BCUT2D eigenvalue weighted by atomic mass is 10.1. The second-order valence-electron chi connectivity index (χ2n) is 3.59. The first kappa shape index (κ1) is 7.71. The monoisotopic (exact) mass is 164 g/mol. The quantitative estimate of drug-likeness (QED) is 0.638. The molecule has 0 amide bonds. The molecule has 0 bridgehead atoms. The molecule has 1 fully saturated rings. The van der Waals surface area contributed by atoms with Crippen molar-refractivity contribution < 1.29 is 0 Å². The van der Waals surface area contributed by atoms with E-state index in [1.165, 1.54) is 31.6 Å². The fourth-order valence-electron chi connectivity index (χ4n) is 1.91. The summed E-state index contributed by atoms with van der Waals surface area (Å²) in [6.07, 6.45) is 9.14. The van der Waals surface area contributed by atoms with Crippen LogP contribution in [0.5, 0.6) is 0 Å². The molecule has 2 N–H and O–H groups in total. The van der Waals surface area contributed by atoms with Crippen LogP contribution in [0.3, 0.4) is 0 Å². The molecule has 1 aliphatic carbocycles. The van der Waals surface area contributed by atoms with Crippen LogP contribution >= 0.6 is 0 Å². The zero-order valence-electron chi connectivity index (χ0n) is 7.42. The number of nitrogens with zero attached hydrogens (tertiary/aromatic N) is 1. The van der Waals surface area contributed by atoms with E-state index in [0.717, 1.165) is 18.5 Å². The van der Waals surface area contributed by atoms with Crippen molar-refractivity contribution in [3.8, 4) is 0 Å². The van der Waals surface area contributed by atoms with Gasteiger partial charge in [-0.05, 0) is 37.8 Å². The van der Waals surface area contributed by atoms with E-state index in [-0.39, 0.29) is 0 Å². The molecule has 12 heavy (non-hydrogen) atoms. The highest BCUT2D eigenvalue weighted by Gasteiger charge is 2.15. The first-order valence-electron chi connectivity index (χ1n) is 4.76. The summed E-state index contributed by atoms with van der Waals surface area (Å²) >= 11 is 0. The van der Waals surface area contributed by atoms with Crippen LogP contribution in [0.2, 0.25) is 0 Å². The van der Waals surface area contributed by atoms with Gasteiger partial charge in [0.1, 0.15) is 0 Å². The van der Waals surface area contributed by atoms with Crippen LogP contribution in [-0.2, 0) is 0 Å². The van der Waals surface area contributed by atoms with Crippen molar-refractivity contribution in [3.05, 3.63) is 23.5 Å². The Hall–Kier alpha value is -0.920. The number of nitrogens with two attached hydrogens (primary N) is 1. The average Bonchev–Trinajstić information content (AvgIpc) is 2.58. The smallest absolute Gasteiger partial charge is 0.0175 e. The molecule has 2 rings (SSSR count). The molecule has 2 aliphatic rings. The molecule has 0 radical (unpaired) electrons. The number of hydrogen-bond acceptors (Lipinski definition) is 2. The molecule has 2 heteroatoms. The first-order chi connectivity index (χ1) is 5.86. The van der Waals surface area contributed by atoms with E-state index in [0.29, 0.717) is 0 Å². The minimum Gasteiger partial charge on any atom is -0.402 e. The van der Waals surface area contributed by atoms with E-state index in [1.54, 1.807) is 0 Å². The van der Waals surface area contributed by atoms with Crippen LogP contribution in [-0.4, -0.2) is 18.0 Å². The first-order valence-corrected chi connectivity index (χ1v) is 4.76. The van der Waals surface area contributed by atoms with Gasteiger partial charge in [0.2, 0.25) is 0 Å². The lowest BCUT2D eigenvalue weighted by Crippen LogP contribution is -2.20. The highest BCUT2D eigenvalue weighted by Crippen LogP contribution is 2.22. The van der Waals surface area contributed by atoms with Gasteiger partial charge in [-0.25, -0.2) is 0 Å². The number of rotatable bonds is 1. The summed E-state index contributed by atoms with van der Waals surface area (Å²) in [5.41, 5.74) is 8.21. The van der Waals surface area contributed by atoms with Crippen LogP contribution in [0.15, 0.2) is 23.5 Å². The maximum atomic E-state index is 5.69. The van der Waals surface area contributed by atoms with Crippen molar-refractivity contribution in [1.29, 1.82) is 0 Å². The Morgan fingerprint density at radius 1 is 1.08 bits per heavy atom. The van der Waals surface area contributed by atoms with Crippen LogP contribution in [0.1, 0.15) is 25.7 Å². The van der Waals surface area contributed by atoms with Gasteiger partial charge in [-0.2, -0.15) is 0 Å². The van der Waals surface area contributed by atoms with Gasteiger partial charge in [-0.15, -0.1) is 0 Å². The molecule has 0 aromatic heterocycles. The van der Waals surface area contributed by atoms with E-state index in [9.17, 15) is 0 Å². The Morgan fingerprint density at radius 3 is 2.42 bits per heavy atom. The van der Waals surface area contributed by atoms with Gasteiger partial charge in [0.05, 0.1) is 0 Å². The molecule has 1 heterocycles. The zero-order chi connectivity index (χ0) is 8.39. The molecule has 0 saturated carbocycles. The fraction of sp³-hybridized carbons (Fsp3) is 0.600. The van der Waals surface area contributed by atoms with Gasteiger partial charge >= 0.3 is 0 Å². The molecule has 0 aromatic carbocycles. The minimum absolute atomic E-state index is 1.03. The number of hydrogen-bond donors (Lipinski definition) is 1. The summed E-state index contributed by atoms with van der Waals surface area (Å²) in [4.78, 5) is 2.49. The molecule has 0 aromatic rings. The normalized spacial score (nSPS) is 23.8. The average molecular weight is 164 g/mol. The topological polar surface area (TPSA) is 29.3 Å². The number of allylic oxidation sites excluding steroid dienone is 4. The molecular weight excluding hydrogens is 148 g/mol. The molecule has 0 spiro atoms. The van der Waals surface area contributed by atoms with Gasteiger partial charge in [0, 0.05) is 24.5 Å². The predicted octanol–water partition coefficient (Wildman–Crippen LogP) is 1.60. The molecule has 2 nitrogen and oxygen atoms in total. The molecule has 0 unspecified atom stereocenters. The third-order valence-electron chi connectivity index (χ3n) is 2.67. The maximum Gasteiger partial charge on any atom is 0.0175 e. The van der Waals surface area contributed by atoms with Crippen LogP contribution in [0.4, 0.5) is 0 Å². The van der Waals surface area contributed by atoms with Crippen molar-refractivity contribution in [2.24, 2.45) is 5.73 Å². The summed E-state index contributed by atoms with van der Waals surface area (Å²) in [7, 11) is 0. The van der Waals surface area contributed by atoms with Gasteiger partial charge < -0.3 is 10.6 Å². The third kappa shape index (κ3) is 1.47. The zero-order valence-corrected chi connectivity index (χ0v) is 7.42. The van der Waals surface area contributed by atoms with Crippen molar-refractivity contribution in [2.45, 2.75) is 25.7 Å². The third-order valence-corrected chi connectivity index (χ3v) is 2.67. The second-order valence-corrected chi connectivity index (χ2v) is 3.59. The summed E-state index contributed by atoms with van der Waals surface area (Å²) in [6, 6.07) is 0. The summed E-state index contributed by atoms with van der Waals surface area (Å²) in [5, 5.41) is 0. The second kappa shape index (κ2) is 3.21. The summed E-state index contributed by atoms with van der Waals surface area (Å²) in [5.74, 6) is 0. The van der Waals surface area contributed by atoms with Crippen LogP contribution in [0.25, 0.3) is 0 Å². The Labute approximate surface area is 73.7 Å². The van der Waals surface area contributed by atoms with Crippen LogP contribution in [0, 0.1) is 0 Å². The van der Waals surface area contributed by atoms with E-state index in [4.69, 9.17) is 5.73 Å². The van der Waals surface area contributed by atoms with Crippen LogP contribution < -0.4 is 5.73 Å². The highest BCUT2D eigenvalue weighted by atomic mass is 15.1. The van der Waals surface area contributed by atoms with Crippen molar-refractivity contribution in [2.75, 3.05) is 13.1 Å². The minimum atomic E-state index is 1.03. The lowest BCUT2D eigenvalue weighted by Gasteiger charge is -2.23. The van der Waals surface area contributed by atoms with E-state index in [1.807, 2.05) is 0 Å². The highest BCUT2D eigenvalue weighted by molar-refractivity contribution is 5.21. The van der Waals surface area contributed by atoms with Crippen molar-refractivity contribution in [3.63, 3.8) is 0 Å². The van der Waals surface area contributed by atoms with Crippen molar-refractivity contribution >= 4 is 0 Å². The maximum absolute atomic E-state index is 5.69. The Balaban J connectivity index is 2.04. The molecule has 1 aliphatic heterocycles. The predicted molar refractivity (Wildman–Crippen MR) is 50.4 cm³/mol. The van der Waals surface area contributed by atoms with E-state index < -0.39 is 0 Å². The Bertz CT molecular complexity index is 222. The van der Waals surface area contributed by atoms with E-state index in [2.05, 4.69) is 17.1 Å². The fourth-order valence-corrected chi connectivity index (χ4v) is 1.91. The lowest BCUT2D eigenvalue weighted by molar-refractivity contribution is 0.406. The number of likely N-dealkylation sites (tertiary alicyclic amines) is 1. The largest absolute Gasteiger partial charge is 0.402 e. The van der Waals surface area contributed by atoms with E-state index >= 15 is 0 Å². The van der Waals surface area contributed by atoms with Gasteiger partial charge in [0.25, 0.3) is 0 Å². The summed E-state index contributed by atoms with van der Waals surface area (Å²) < 4.78 is 0. The SMILES string of the molecule is NC1=CC=C(N2CCCC2)CC1. The molecular formula is C10H16N2. The Morgan fingerprint density at radius 2 is 1.83 bits per heavy atom. The van der Waals surface area contributed by atoms with Crippen molar-refractivity contribution in [1.82, 2.24) is 4.90 Å². The van der Waals surface area contributed by atoms with Gasteiger partial charge in [0.15, 0.2) is 0 Å². The van der Waals surface area contributed by atoms with Gasteiger partial charge in [-0.3, -0.25) is 0 Å². The molecule has 66 valence electrons. The summed E-state index contributed by atoms with van der Waals surface area (Å²) in [6.45, 7) is 2.50. The standard InChI is InChI=1S/C10H16N2/c11-9-3-5-10(6-4-9)12-7-1-2-8-12/h3,5H,1-2,4,6-8,11H2. The molecule has 1 saturated heterocycles.